The number of hydrogen-bond acceptors (Lipinski definition) is 4. The van der Waals surface area contributed by atoms with Crippen molar-refractivity contribution in [1.82, 2.24) is 10.2 Å². The van der Waals surface area contributed by atoms with E-state index in [1.807, 2.05) is 37.3 Å². The van der Waals surface area contributed by atoms with Gasteiger partial charge in [0.25, 0.3) is 5.91 Å². The maximum Gasteiger partial charge on any atom is 0.252 e. The molecule has 28 heavy (non-hydrogen) atoms. The van der Waals surface area contributed by atoms with Gasteiger partial charge in [0.15, 0.2) is 0 Å². The zero-order valence-electron chi connectivity index (χ0n) is 16.3. The lowest BCUT2D eigenvalue weighted by atomic mass is 9.78. The predicted molar refractivity (Wildman–Crippen MR) is 117 cm³/mol. The van der Waals surface area contributed by atoms with Crippen molar-refractivity contribution in [2.24, 2.45) is 0 Å². The Morgan fingerprint density at radius 1 is 1.32 bits per heavy atom. The number of piperidine rings is 1. The normalized spacial score (nSPS) is 22.8. The minimum absolute atomic E-state index is 0.194. The summed E-state index contributed by atoms with van der Waals surface area (Å²) < 4.78 is 0. The number of carbonyl (C=O) groups excluding carboxylic acids is 1. The third kappa shape index (κ3) is 4.54. The molecule has 4 nitrogen and oxygen atoms in total. The number of halogens is 1. The summed E-state index contributed by atoms with van der Waals surface area (Å²) in [5, 5.41) is 15.0. The summed E-state index contributed by atoms with van der Waals surface area (Å²) in [5.41, 5.74) is 1.54. The number of aliphatic hydroxyl groups excluding tert-OH is 1. The molecule has 1 amide bonds. The van der Waals surface area contributed by atoms with E-state index in [0.717, 1.165) is 30.0 Å². The number of aliphatic hydroxyl groups is 1. The summed E-state index contributed by atoms with van der Waals surface area (Å²) in [4.78, 5) is 15.3. The number of benzene rings is 2. The highest BCUT2D eigenvalue weighted by Gasteiger charge is 2.44. The molecule has 0 bridgehead atoms. The standard InChI is InChI=1S/C22H27ClN2O2S/c1-16-14-17(8-9-19(16)23)21(27)24-22(18-6-4-3-5-7-18)10-11-25(12-13-28-2)15-20(22)26/h3-9,14,20,26H,10-13,15H2,1-2H3,(H,24,27)/t20-,22+/m1/s1. The molecule has 0 radical (unpaired) electrons. The zero-order chi connectivity index (χ0) is 20.1. The highest BCUT2D eigenvalue weighted by atomic mass is 35.5. The van der Waals surface area contributed by atoms with Crippen LogP contribution < -0.4 is 5.32 Å². The van der Waals surface area contributed by atoms with E-state index in [2.05, 4.69) is 16.5 Å². The molecule has 6 heteroatoms. The van der Waals surface area contributed by atoms with Crippen molar-refractivity contribution in [3.8, 4) is 0 Å². The van der Waals surface area contributed by atoms with Crippen LogP contribution in [0, 0.1) is 6.92 Å². The van der Waals surface area contributed by atoms with Crippen LogP contribution in [0.25, 0.3) is 0 Å². The second-order valence-corrected chi connectivity index (χ2v) is 8.71. The Balaban J connectivity index is 1.88. The van der Waals surface area contributed by atoms with E-state index in [9.17, 15) is 9.90 Å². The SMILES string of the molecule is CSCCN1CC[C@](NC(=O)c2ccc(Cl)c(C)c2)(c2ccccc2)[C@H](O)C1. The van der Waals surface area contributed by atoms with Gasteiger partial charge in [0, 0.05) is 36.0 Å². The van der Waals surface area contributed by atoms with Crippen LogP contribution in [0.4, 0.5) is 0 Å². The molecule has 1 fully saturated rings. The van der Waals surface area contributed by atoms with Crippen LogP contribution in [0.5, 0.6) is 0 Å². The van der Waals surface area contributed by atoms with Crippen molar-refractivity contribution in [2.45, 2.75) is 25.0 Å². The number of aryl methyl sites for hydroxylation is 1. The van der Waals surface area contributed by atoms with E-state index in [4.69, 9.17) is 11.6 Å². The summed E-state index contributed by atoms with van der Waals surface area (Å²) in [5.74, 6) is 0.835. The van der Waals surface area contributed by atoms with Crippen LogP contribution in [-0.4, -0.2) is 53.7 Å². The smallest absolute Gasteiger partial charge is 0.252 e. The summed E-state index contributed by atoms with van der Waals surface area (Å²) in [6.45, 7) is 4.18. The number of β-amino-alcohol motifs (C(OH)–C–C–N with tert-alkyl or cyclic N) is 1. The lowest BCUT2D eigenvalue weighted by Gasteiger charge is -2.46. The number of rotatable bonds is 6. The van der Waals surface area contributed by atoms with Gasteiger partial charge >= 0.3 is 0 Å². The first-order valence-electron chi connectivity index (χ1n) is 9.50. The number of nitrogens with one attached hydrogen (secondary N) is 1. The molecule has 0 aromatic heterocycles. The third-order valence-corrected chi connectivity index (χ3v) is 6.49. The minimum atomic E-state index is -0.804. The predicted octanol–water partition coefficient (Wildman–Crippen LogP) is 3.70. The molecule has 1 aliphatic heterocycles. The van der Waals surface area contributed by atoms with Crippen LogP contribution in [0.15, 0.2) is 48.5 Å². The second-order valence-electron chi connectivity index (χ2n) is 7.31. The van der Waals surface area contributed by atoms with Gasteiger partial charge in [-0.15, -0.1) is 0 Å². The van der Waals surface area contributed by atoms with E-state index in [1.54, 1.807) is 30.0 Å². The Kier molecular flexibility index (Phi) is 7.05. The highest BCUT2D eigenvalue weighted by molar-refractivity contribution is 7.98. The van der Waals surface area contributed by atoms with Crippen molar-refractivity contribution in [1.29, 1.82) is 0 Å². The van der Waals surface area contributed by atoms with Gasteiger partial charge in [-0.3, -0.25) is 9.69 Å². The third-order valence-electron chi connectivity index (χ3n) is 5.48. The molecule has 0 saturated carbocycles. The number of nitrogens with zero attached hydrogens (tertiary/aromatic N) is 1. The molecule has 1 heterocycles. The van der Waals surface area contributed by atoms with E-state index < -0.39 is 11.6 Å². The molecule has 1 saturated heterocycles. The van der Waals surface area contributed by atoms with Gasteiger partial charge < -0.3 is 10.4 Å². The summed E-state index contributed by atoms with van der Waals surface area (Å²) in [6.07, 6.45) is 2.05. The average molecular weight is 419 g/mol. The molecule has 2 aromatic rings. The average Bonchev–Trinajstić information content (AvgIpc) is 2.71. The first kappa shape index (κ1) is 21.2. The number of hydrogen-bond donors (Lipinski definition) is 2. The monoisotopic (exact) mass is 418 g/mol. The molecule has 0 spiro atoms. The number of likely N-dealkylation sites (tertiary alicyclic amines) is 1. The van der Waals surface area contributed by atoms with Gasteiger partial charge in [0.1, 0.15) is 0 Å². The largest absolute Gasteiger partial charge is 0.389 e. The maximum atomic E-state index is 13.1. The fourth-order valence-electron chi connectivity index (χ4n) is 3.77. The molecular formula is C22H27ClN2O2S. The van der Waals surface area contributed by atoms with E-state index in [1.165, 1.54) is 0 Å². The molecule has 2 N–H and O–H groups in total. The van der Waals surface area contributed by atoms with Crippen LogP contribution in [0.1, 0.15) is 27.9 Å². The van der Waals surface area contributed by atoms with Gasteiger partial charge in [-0.1, -0.05) is 41.9 Å². The molecule has 0 aliphatic carbocycles. The Bertz CT molecular complexity index is 817. The summed E-state index contributed by atoms with van der Waals surface area (Å²) in [7, 11) is 0. The Morgan fingerprint density at radius 3 is 2.71 bits per heavy atom. The molecule has 1 aliphatic rings. The lowest BCUT2D eigenvalue weighted by molar-refractivity contribution is -0.0135. The Hall–Kier alpha value is -1.53. The Morgan fingerprint density at radius 2 is 2.07 bits per heavy atom. The highest BCUT2D eigenvalue weighted by Crippen LogP contribution is 2.34. The van der Waals surface area contributed by atoms with Crippen LogP contribution in [0.2, 0.25) is 5.02 Å². The minimum Gasteiger partial charge on any atom is -0.389 e. The molecule has 0 unspecified atom stereocenters. The quantitative estimate of drug-likeness (QED) is 0.751. The first-order chi connectivity index (χ1) is 13.5. The molecule has 150 valence electrons. The van der Waals surface area contributed by atoms with Crippen molar-refractivity contribution in [2.75, 3.05) is 31.6 Å². The van der Waals surface area contributed by atoms with Crippen molar-refractivity contribution in [3.05, 3.63) is 70.2 Å². The van der Waals surface area contributed by atoms with Crippen LogP contribution in [0.3, 0.4) is 0 Å². The van der Waals surface area contributed by atoms with Crippen molar-refractivity contribution >= 4 is 29.3 Å². The molecule has 2 atom stereocenters. The van der Waals surface area contributed by atoms with Gasteiger partial charge in [-0.25, -0.2) is 0 Å². The van der Waals surface area contributed by atoms with E-state index in [-0.39, 0.29) is 5.91 Å². The lowest BCUT2D eigenvalue weighted by Crippen LogP contribution is -2.62. The van der Waals surface area contributed by atoms with Gasteiger partial charge in [0.05, 0.1) is 11.6 Å². The van der Waals surface area contributed by atoms with Crippen molar-refractivity contribution < 1.29 is 9.90 Å². The first-order valence-corrected chi connectivity index (χ1v) is 11.3. The summed E-state index contributed by atoms with van der Waals surface area (Å²) >= 11 is 7.90. The fourth-order valence-corrected chi connectivity index (χ4v) is 4.33. The maximum absolute atomic E-state index is 13.1. The van der Waals surface area contributed by atoms with E-state index in [0.29, 0.717) is 23.6 Å². The van der Waals surface area contributed by atoms with E-state index >= 15 is 0 Å². The van der Waals surface area contributed by atoms with Crippen LogP contribution >= 0.6 is 23.4 Å². The molecule has 3 rings (SSSR count). The van der Waals surface area contributed by atoms with Crippen molar-refractivity contribution in [3.63, 3.8) is 0 Å². The molecule has 2 aromatic carbocycles. The zero-order valence-corrected chi connectivity index (χ0v) is 17.9. The van der Waals surface area contributed by atoms with Gasteiger partial charge in [-0.05, 0) is 48.9 Å². The van der Waals surface area contributed by atoms with Crippen LogP contribution in [-0.2, 0) is 5.54 Å². The second kappa shape index (κ2) is 9.31. The number of thioether (sulfide) groups is 1. The summed E-state index contributed by atoms with van der Waals surface area (Å²) in [6, 6.07) is 15.1. The van der Waals surface area contributed by atoms with Gasteiger partial charge in [0.2, 0.25) is 0 Å². The fraction of sp³-hybridized carbons (Fsp3) is 0.409. The van der Waals surface area contributed by atoms with Gasteiger partial charge in [-0.2, -0.15) is 11.8 Å². The number of amides is 1. The number of carbonyl (C=O) groups is 1. The topological polar surface area (TPSA) is 52.6 Å². The molecular weight excluding hydrogens is 392 g/mol. The Labute approximate surface area is 176 Å².